The van der Waals surface area contributed by atoms with Gasteiger partial charge in [0.15, 0.2) is 0 Å². The van der Waals surface area contributed by atoms with Crippen LogP contribution in [0.1, 0.15) is 49.6 Å². The van der Waals surface area contributed by atoms with Crippen LogP contribution >= 0.6 is 23.5 Å². The Bertz CT molecular complexity index is 1710. The Morgan fingerprint density at radius 2 is 1.86 bits per heavy atom. The molecule has 14 heteroatoms. The first-order valence-corrected chi connectivity index (χ1v) is 15.6. The summed E-state index contributed by atoms with van der Waals surface area (Å²) in [5, 5.41) is 3.53. The van der Waals surface area contributed by atoms with Gasteiger partial charge in [-0.05, 0) is 60.5 Å². The second-order valence-electron chi connectivity index (χ2n) is 10.2. The van der Waals surface area contributed by atoms with E-state index in [-0.39, 0.29) is 29.7 Å². The number of rotatable bonds is 9. The summed E-state index contributed by atoms with van der Waals surface area (Å²) in [5.41, 5.74) is 4.88. The number of ether oxygens (including phenoxy) is 1. The molecule has 0 radical (unpaired) electrons. The van der Waals surface area contributed by atoms with E-state index in [9.17, 15) is 27.6 Å². The van der Waals surface area contributed by atoms with Gasteiger partial charge in [-0.3, -0.25) is 24.3 Å². The molecule has 1 unspecified atom stereocenters. The van der Waals surface area contributed by atoms with Crippen LogP contribution < -0.4 is 26.0 Å². The number of hydrogen-bond donors (Lipinski definition) is 2. The van der Waals surface area contributed by atoms with Crippen LogP contribution in [0.4, 0.5) is 23.7 Å². The number of halogens is 3. The van der Waals surface area contributed by atoms with E-state index in [1.54, 1.807) is 19.0 Å². The molecule has 2 aromatic carbocycles. The van der Waals surface area contributed by atoms with Crippen molar-refractivity contribution in [3.63, 3.8) is 0 Å². The zero-order chi connectivity index (χ0) is 31.8. The number of carbonyl (C=O) groups excluding carboxylic acids is 2. The SMILES string of the molecule is CCCC1NN(C)c2c1nc(-c1ccc(C(F)(F)F)c(OC)c1)n(CCSc1ccc(/C(C)=C3/SC(=O)NC3=O)cc1)c2=O. The largest absolute Gasteiger partial charge is 0.496 e. The summed E-state index contributed by atoms with van der Waals surface area (Å²) < 4.78 is 47.3. The number of hydrazine groups is 1. The highest BCUT2D eigenvalue weighted by Crippen LogP contribution is 2.39. The Labute approximate surface area is 260 Å². The van der Waals surface area contributed by atoms with Crippen molar-refractivity contribution in [2.24, 2.45) is 0 Å². The molecular formula is C30H30F3N5O4S2. The van der Waals surface area contributed by atoms with Gasteiger partial charge in [0.2, 0.25) is 0 Å². The number of methoxy groups -OCH3 is 1. The second-order valence-corrected chi connectivity index (χ2v) is 12.4. The number of thioether (sulfide) groups is 2. The average molecular weight is 646 g/mol. The van der Waals surface area contributed by atoms with Crippen LogP contribution in [-0.2, 0) is 17.5 Å². The number of hydrogen-bond acceptors (Lipinski definition) is 9. The van der Waals surface area contributed by atoms with Crippen molar-refractivity contribution >= 4 is 45.9 Å². The topological polar surface area (TPSA) is 106 Å². The van der Waals surface area contributed by atoms with Crippen molar-refractivity contribution in [2.75, 3.05) is 24.9 Å². The molecule has 0 saturated carbocycles. The Morgan fingerprint density at radius 1 is 1.14 bits per heavy atom. The fraction of sp³-hybridized carbons (Fsp3) is 0.333. The van der Waals surface area contributed by atoms with Gasteiger partial charge in [-0.25, -0.2) is 10.4 Å². The van der Waals surface area contributed by atoms with Crippen molar-refractivity contribution in [1.29, 1.82) is 0 Å². The number of nitrogens with one attached hydrogen (secondary N) is 2. The van der Waals surface area contributed by atoms with Gasteiger partial charge in [-0.1, -0.05) is 31.5 Å². The van der Waals surface area contributed by atoms with Crippen LogP contribution in [0, 0.1) is 0 Å². The van der Waals surface area contributed by atoms with E-state index in [2.05, 4.69) is 10.7 Å². The highest BCUT2D eigenvalue weighted by atomic mass is 32.2. The molecule has 0 aliphatic carbocycles. The Hall–Kier alpha value is -3.75. The smallest absolute Gasteiger partial charge is 0.419 e. The van der Waals surface area contributed by atoms with Gasteiger partial charge < -0.3 is 9.75 Å². The maximum absolute atomic E-state index is 13.9. The van der Waals surface area contributed by atoms with Crippen molar-refractivity contribution in [1.82, 2.24) is 20.3 Å². The summed E-state index contributed by atoms with van der Waals surface area (Å²) in [6.45, 7) is 4.04. The van der Waals surface area contributed by atoms with Gasteiger partial charge in [-0.15, -0.1) is 11.8 Å². The van der Waals surface area contributed by atoms with Crippen molar-refractivity contribution in [3.8, 4) is 17.1 Å². The van der Waals surface area contributed by atoms with Gasteiger partial charge in [0.05, 0.1) is 29.3 Å². The zero-order valence-electron chi connectivity index (χ0n) is 24.4. The predicted molar refractivity (Wildman–Crippen MR) is 166 cm³/mol. The number of anilines is 1. The molecule has 1 aromatic heterocycles. The fourth-order valence-electron chi connectivity index (χ4n) is 5.21. The molecule has 1 atom stereocenters. The van der Waals surface area contributed by atoms with E-state index in [4.69, 9.17) is 9.72 Å². The van der Waals surface area contributed by atoms with Crippen LogP contribution in [0.3, 0.4) is 0 Å². The van der Waals surface area contributed by atoms with Crippen LogP contribution in [0.2, 0.25) is 0 Å². The highest BCUT2D eigenvalue weighted by molar-refractivity contribution is 8.18. The highest BCUT2D eigenvalue weighted by Gasteiger charge is 2.36. The van der Waals surface area contributed by atoms with E-state index in [1.807, 2.05) is 31.2 Å². The van der Waals surface area contributed by atoms with Crippen molar-refractivity contribution in [3.05, 3.63) is 74.5 Å². The van der Waals surface area contributed by atoms with E-state index in [0.717, 1.165) is 41.1 Å². The number of alkyl halides is 3. The predicted octanol–water partition coefficient (Wildman–Crippen LogP) is 6.24. The Balaban J connectivity index is 1.45. The molecule has 5 rings (SSSR count). The summed E-state index contributed by atoms with van der Waals surface area (Å²) in [7, 11) is 2.92. The maximum Gasteiger partial charge on any atom is 0.419 e. The van der Waals surface area contributed by atoms with Crippen molar-refractivity contribution < 1.29 is 27.5 Å². The van der Waals surface area contributed by atoms with Gasteiger partial charge in [-0.2, -0.15) is 13.2 Å². The third kappa shape index (κ3) is 6.24. The van der Waals surface area contributed by atoms with Gasteiger partial charge >= 0.3 is 6.18 Å². The summed E-state index contributed by atoms with van der Waals surface area (Å²) in [6.07, 6.45) is -3.03. The lowest BCUT2D eigenvalue weighted by Crippen LogP contribution is -2.34. The number of amides is 2. The minimum Gasteiger partial charge on any atom is -0.496 e. The van der Waals surface area contributed by atoms with E-state index >= 15 is 0 Å². The first-order valence-electron chi connectivity index (χ1n) is 13.8. The summed E-state index contributed by atoms with van der Waals surface area (Å²) in [4.78, 5) is 43.6. The van der Waals surface area contributed by atoms with Gasteiger partial charge in [0, 0.05) is 29.8 Å². The molecule has 0 bridgehead atoms. The normalized spacial score (nSPS) is 17.6. The molecule has 9 nitrogen and oxygen atoms in total. The maximum atomic E-state index is 13.9. The number of carbonyl (C=O) groups is 2. The molecular weight excluding hydrogens is 615 g/mol. The van der Waals surface area contributed by atoms with E-state index < -0.39 is 22.9 Å². The molecule has 2 aliphatic heterocycles. The van der Waals surface area contributed by atoms with Gasteiger partial charge in [0.25, 0.3) is 16.7 Å². The number of benzene rings is 2. The minimum absolute atomic E-state index is 0.199. The summed E-state index contributed by atoms with van der Waals surface area (Å²) in [5.74, 6) is -0.0340. The average Bonchev–Trinajstić information content (AvgIpc) is 3.50. The molecule has 3 heterocycles. The number of fused-ring (bicyclic) bond motifs is 1. The Morgan fingerprint density at radius 3 is 2.48 bits per heavy atom. The molecule has 1 saturated heterocycles. The lowest BCUT2D eigenvalue weighted by atomic mass is 10.1. The number of aromatic nitrogens is 2. The fourth-order valence-corrected chi connectivity index (χ4v) is 6.79. The van der Waals surface area contributed by atoms with Crippen LogP contribution in [0.15, 0.2) is 57.1 Å². The zero-order valence-corrected chi connectivity index (χ0v) is 26.0. The van der Waals surface area contributed by atoms with Crippen LogP contribution in [0.25, 0.3) is 17.0 Å². The first kappa shape index (κ1) is 31.7. The molecule has 2 amide bonds. The molecule has 3 aromatic rings. The van der Waals surface area contributed by atoms with Crippen LogP contribution in [0.5, 0.6) is 5.75 Å². The molecule has 2 aliphatic rings. The number of imide groups is 1. The monoisotopic (exact) mass is 645 g/mol. The van der Waals surface area contributed by atoms with E-state index in [1.165, 1.54) is 35.6 Å². The van der Waals surface area contributed by atoms with Crippen molar-refractivity contribution in [2.45, 2.75) is 50.3 Å². The number of allylic oxidation sites excluding steroid dienone is 1. The first-order chi connectivity index (χ1) is 20.9. The molecule has 1 fully saturated rings. The lowest BCUT2D eigenvalue weighted by Gasteiger charge is -2.18. The van der Waals surface area contributed by atoms with Crippen LogP contribution in [-0.4, -0.2) is 40.6 Å². The van der Waals surface area contributed by atoms with Gasteiger partial charge in [0.1, 0.15) is 17.3 Å². The Kier molecular flexibility index (Phi) is 9.14. The summed E-state index contributed by atoms with van der Waals surface area (Å²) >= 11 is 2.37. The van der Waals surface area contributed by atoms with E-state index in [0.29, 0.717) is 33.2 Å². The second kappa shape index (κ2) is 12.7. The molecule has 2 N–H and O–H groups in total. The summed E-state index contributed by atoms with van der Waals surface area (Å²) in [6, 6.07) is 10.8. The lowest BCUT2D eigenvalue weighted by molar-refractivity contribution is -0.138. The minimum atomic E-state index is -4.60. The standard InChI is InChI=1S/C30H30F3N5O4S2/c1-5-6-21-23-24(37(3)36-21)28(40)38(26(34-23)18-9-12-20(30(31,32)33)22(15-18)42-4)13-14-43-19-10-7-17(8-11-19)16(2)25-27(39)35-29(41)44-25/h7-12,15,21,36H,5-6,13-14H2,1-4H3,(H,35,39,41)/b25-16+. The molecule has 44 heavy (non-hydrogen) atoms. The molecule has 0 spiro atoms. The number of nitrogens with zero attached hydrogens (tertiary/aromatic N) is 3. The third-order valence-corrected chi connectivity index (χ3v) is 9.33. The third-order valence-electron chi connectivity index (χ3n) is 7.36. The quantitative estimate of drug-likeness (QED) is 0.207. The molecule has 232 valence electrons.